The molecule has 0 aliphatic heterocycles. The van der Waals surface area contributed by atoms with Crippen molar-refractivity contribution in [3.63, 3.8) is 0 Å². The van der Waals surface area contributed by atoms with Crippen LogP contribution in [0.4, 0.5) is 0 Å². The third-order valence-corrected chi connectivity index (χ3v) is 4.79. The molecule has 0 radical (unpaired) electrons. The van der Waals surface area contributed by atoms with Gasteiger partial charge in [0.2, 0.25) is 0 Å². The first kappa shape index (κ1) is 13.2. The van der Waals surface area contributed by atoms with Gasteiger partial charge < -0.3 is 10.2 Å². The van der Waals surface area contributed by atoms with E-state index < -0.39 is 0 Å². The maximum atomic E-state index is 10.7. The van der Waals surface area contributed by atoms with Crippen LogP contribution >= 0.6 is 0 Å². The van der Waals surface area contributed by atoms with Crippen LogP contribution in [0.2, 0.25) is 0 Å². The van der Waals surface area contributed by atoms with E-state index >= 15 is 0 Å². The fourth-order valence-electron chi connectivity index (χ4n) is 3.57. The Morgan fingerprint density at radius 1 is 0.417 bits per heavy atom. The van der Waals surface area contributed by atoms with Crippen molar-refractivity contribution in [3.8, 4) is 11.5 Å². The lowest BCUT2D eigenvalue weighted by Crippen LogP contribution is -1.83. The van der Waals surface area contributed by atoms with Crippen LogP contribution in [0.15, 0.2) is 72.8 Å². The minimum Gasteiger partial charge on any atom is -0.507 e. The minimum atomic E-state index is 0.216. The second kappa shape index (κ2) is 4.62. The van der Waals surface area contributed by atoms with E-state index in [1.807, 2.05) is 48.5 Å². The monoisotopic (exact) mass is 310 g/mol. The molecule has 0 fully saturated rings. The second-order valence-electron chi connectivity index (χ2n) is 6.19. The first-order valence-corrected chi connectivity index (χ1v) is 7.91. The Balaban J connectivity index is 2.01. The zero-order valence-corrected chi connectivity index (χ0v) is 12.8. The summed E-state index contributed by atoms with van der Waals surface area (Å²) in [6.07, 6.45) is 0. The van der Waals surface area contributed by atoms with Crippen LogP contribution in [-0.4, -0.2) is 10.2 Å². The molecule has 5 aromatic carbocycles. The van der Waals surface area contributed by atoms with Gasteiger partial charge >= 0.3 is 0 Å². The molecule has 0 unspecified atom stereocenters. The summed E-state index contributed by atoms with van der Waals surface area (Å²) in [5, 5.41) is 28.5. The lowest BCUT2D eigenvalue weighted by Gasteiger charge is -2.11. The molecule has 2 N–H and O–H groups in total. The van der Waals surface area contributed by atoms with Crippen molar-refractivity contribution < 1.29 is 10.2 Å². The highest BCUT2D eigenvalue weighted by Gasteiger charge is 2.13. The van der Waals surface area contributed by atoms with Crippen LogP contribution in [0.5, 0.6) is 11.5 Å². The van der Waals surface area contributed by atoms with Crippen LogP contribution in [0.3, 0.4) is 0 Å². The van der Waals surface area contributed by atoms with E-state index in [-0.39, 0.29) is 11.5 Å². The maximum absolute atomic E-state index is 10.7. The van der Waals surface area contributed by atoms with Gasteiger partial charge in [0.1, 0.15) is 11.5 Å². The van der Waals surface area contributed by atoms with Crippen molar-refractivity contribution in [2.75, 3.05) is 0 Å². The van der Waals surface area contributed by atoms with E-state index in [0.717, 1.165) is 21.5 Å². The van der Waals surface area contributed by atoms with Crippen LogP contribution in [0.1, 0.15) is 0 Å². The maximum Gasteiger partial charge on any atom is 0.131 e. The summed E-state index contributed by atoms with van der Waals surface area (Å²) in [6, 6.07) is 23.7. The Labute approximate surface area is 138 Å². The van der Waals surface area contributed by atoms with Crippen LogP contribution in [-0.2, 0) is 0 Å². The van der Waals surface area contributed by atoms with E-state index in [2.05, 4.69) is 24.3 Å². The molecular formula is C22H14O2. The molecule has 0 aliphatic rings. The number of phenols is 2. The molecule has 0 bridgehead atoms. The highest BCUT2D eigenvalue weighted by atomic mass is 16.3. The quantitative estimate of drug-likeness (QED) is 0.284. The average molecular weight is 310 g/mol. The summed E-state index contributed by atoms with van der Waals surface area (Å²) >= 11 is 0. The zero-order valence-electron chi connectivity index (χ0n) is 12.8. The molecule has 0 heterocycles. The molecule has 2 nitrogen and oxygen atoms in total. The number of hydrogen-bond donors (Lipinski definition) is 2. The second-order valence-corrected chi connectivity index (χ2v) is 6.19. The first-order valence-electron chi connectivity index (χ1n) is 7.91. The Hall–Kier alpha value is -3.26. The number of rotatable bonds is 0. The first-order chi connectivity index (χ1) is 11.7. The summed E-state index contributed by atoms with van der Waals surface area (Å²) in [7, 11) is 0. The Morgan fingerprint density at radius 3 is 1.29 bits per heavy atom. The number of hydrogen-bond acceptors (Lipinski definition) is 2. The molecule has 0 aliphatic carbocycles. The van der Waals surface area contributed by atoms with Crippen LogP contribution < -0.4 is 0 Å². The van der Waals surface area contributed by atoms with Crippen molar-refractivity contribution in [2.24, 2.45) is 0 Å². The summed E-state index contributed by atoms with van der Waals surface area (Å²) < 4.78 is 0. The van der Waals surface area contributed by atoms with E-state index in [4.69, 9.17) is 0 Å². The molecule has 0 saturated carbocycles. The van der Waals surface area contributed by atoms with Gasteiger partial charge in [-0.15, -0.1) is 0 Å². The lowest BCUT2D eigenvalue weighted by atomic mass is 9.96. The molecule has 5 aromatic rings. The zero-order chi connectivity index (χ0) is 16.3. The van der Waals surface area contributed by atoms with Crippen LogP contribution in [0.25, 0.3) is 43.1 Å². The Bertz CT molecular complexity index is 1170. The molecule has 0 amide bonds. The molecule has 0 atom stereocenters. The fourth-order valence-corrected chi connectivity index (χ4v) is 3.57. The van der Waals surface area contributed by atoms with E-state index in [0.29, 0.717) is 21.5 Å². The summed E-state index contributed by atoms with van der Waals surface area (Å²) in [5.74, 6) is 0.432. The lowest BCUT2D eigenvalue weighted by molar-refractivity contribution is 0.478. The van der Waals surface area contributed by atoms with Gasteiger partial charge in [-0.1, -0.05) is 48.5 Å². The van der Waals surface area contributed by atoms with E-state index in [9.17, 15) is 10.2 Å². The number of fused-ring (bicyclic) bond motifs is 4. The molecular weight excluding hydrogens is 296 g/mol. The highest BCUT2D eigenvalue weighted by Crippen LogP contribution is 2.43. The predicted molar refractivity (Wildman–Crippen MR) is 99.8 cm³/mol. The van der Waals surface area contributed by atoms with E-state index in [1.54, 1.807) is 0 Å². The molecule has 5 rings (SSSR count). The topological polar surface area (TPSA) is 40.5 Å². The fraction of sp³-hybridized carbons (Fsp3) is 0. The van der Waals surface area contributed by atoms with Gasteiger partial charge in [0.15, 0.2) is 0 Å². The normalized spacial score (nSPS) is 11.7. The van der Waals surface area contributed by atoms with Gasteiger partial charge in [-0.25, -0.2) is 0 Å². The highest BCUT2D eigenvalue weighted by molar-refractivity contribution is 6.15. The molecule has 2 heteroatoms. The number of aromatic hydroxyl groups is 2. The Morgan fingerprint density at radius 2 is 0.833 bits per heavy atom. The smallest absolute Gasteiger partial charge is 0.131 e. The van der Waals surface area contributed by atoms with Gasteiger partial charge in [0, 0.05) is 21.5 Å². The predicted octanol–water partition coefficient (Wildman–Crippen LogP) is 5.71. The Kier molecular flexibility index (Phi) is 2.54. The van der Waals surface area contributed by atoms with E-state index in [1.165, 1.54) is 0 Å². The van der Waals surface area contributed by atoms with Crippen molar-refractivity contribution in [1.29, 1.82) is 0 Å². The van der Waals surface area contributed by atoms with Crippen molar-refractivity contribution in [1.82, 2.24) is 0 Å². The van der Waals surface area contributed by atoms with Crippen molar-refractivity contribution in [2.45, 2.75) is 0 Å². The van der Waals surface area contributed by atoms with Gasteiger partial charge in [0.05, 0.1) is 0 Å². The molecule has 0 aromatic heterocycles. The van der Waals surface area contributed by atoms with Gasteiger partial charge in [-0.2, -0.15) is 0 Å². The minimum absolute atomic E-state index is 0.216. The van der Waals surface area contributed by atoms with Gasteiger partial charge in [-0.3, -0.25) is 0 Å². The summed E-state index contributed by atoms with van der Waals surface area (Å²) in [6.45, 7) is 0. The van der Waals surface area contributed by atoms with Gasteiger partial charge in [-0.05, 0) is 45.8 Å². The molecule has 114 valence electrons. The molecule has 24 heavy (non-hydrogen) atoms. The summed E-state index contributed by atoms with van der Waals surface area (Å²) in [4.78, 5) is 0. The third kappa shape index (κ3) is 1.71. The summed E-state index contributed by atoms with van der Waals surface area (Å²) in [5.41, 5.74) is 0. The van der Waals surface area contributed by atoms with Gasteiger partial charge in [0.25, 0.3) is 0 Å². The molecule has 0 saturated heterocycles. The van der Waals surface area contributed by atoms with Crippen LogP contribution in [0, 0.1) is 0 Å². The van der Waals surface area contributed by atoms with Crippen molar-refractivity contribution in [3.05, 3.63) is 72.8 Å². The molecule has 0 spiro atoms. The SMILES string of the molecule is Oc1c2ccccc2c(O)c2cc3cc4ccccc4cc3cc12. The third-order valence-electron chi connectivity index (χ3n) is 4.79. The number of benzene rings is 5. The largest absolute Gasteiger partial charge is 0.507 e. The van der Waals surface area contributed by atoms with Crippen molar-refractivity contribution >= 4 is 43.1 Å². The average Bonchev–Trinajstić information content (AvgIpc) is 2.63. The number of phenolic OH excluding ortho intramolecular Hbond substituents is 2. The standard InChI is InChI=1S/C22H14O2/c23-21-17-7-3-4-8-18(17)22(24)20-12-16-10-14-6-2-1-5-13(14)9-15(16)11-19(20)21/h1-12,23-24H.